The lowest BCUT2D eigenvalue weighted by molar-refractivity contribution is 0.00712. The predicted molar refractivity (Wildman–Crippen MR) is 69.9 cm³/mol. The molecule has 0 radical (unpaired) electrons. The molecule has 0 saturated heterocycles. The van der Waals surface area contributed by atoms with E-state index in [0.717, 1.165) is 12.8 Å². The van der Waals surface area contributed by atoms with Gasteiger partial charge < -0.3 is 4.74 Å². The zero-order chi connectivity index (χ0) is 12.1. The van der Waals surface area contributed by atoms with Crippen LogP contribution in [0.5, 0.6) is 0 Å². The Balaban J connectivity index is 2.66. The fourth-order valence-electron chi connectivity index (χ4n) is 2.00. The van der Waals surface area contributed by atoms with Crippen LogP contribution < -0.4 is 0 Å². The van der Waals surface area contributed by atoms with Gasteiger partial charge in [-0.1, -0.05) is 25.1 Å². The van der Waals surface area contributed by atoms with E-state index in [4.69, 9.17) is 4.74 Å². The standard InChI is InChI=1S/C15H24O/c1-6-13(4)16-14(5)10-15-11(2)8-7-9-12(15)3/h7-9,13-14H,6,10H2,1-5H3. The summed E-state index contributed by atoms with van der Waals surface area (Å²) in [5.41, 5.74) is 4.19. The van der Waals surface area contributed by atoms with Crippen molar-refractivity contribution in [3.05, 3.63) is 34.9 Å². The van der Waals surface area contributed by atoms with Crippen molar-refractivity contribution in [2.75, 3.05) is 0 Å². The molecule has 0 aliphatic rings. The smallest absolute Gasteiger partial charge is 0.0591 e. The lowest BCUT2D eigenvalue weighted by atomic mass is 9.98. The monoisotopic (exact) mass is 220 g/mol. The van der Waals surface area contributed by atoms with E-state index in [2.05, 4.69) is 52.8 Å². The molecule has 1 rings (SSSR count). The predicted octanol–water partition coefficient (Wildman–Crippen LogP) is 4.05. The molecule has 0 spiro atoms. The van der Waals surface area contributed by atoms with Gasteiger partial charge in [-0.15, -0.1) is 0 Å². The fraction of sp³-hybridized carbons (Fsp3) is 0.600. The molecule has 1 aromatic carbocycles. The molecule has 0 aliphatic carbocycles. The summed E-state index contributed by atoms with van der Waals surface area (Å²) >= 11 is 0. The second-order valence-electron chi connectivity index (χ2n) is 4.74. The Morgan fingerprint density at radius 3 is 2.12 bits per heavy atom. The topological polar surface area (TPSA) is 9.23 Å². The number of ether oxygens (including phenoxy) is 1. The minimum Gasteiger partial charge on any atom is -0.375 e. The van der Waals surface area contributed by atoms with E-state index in [1.165, 1.54) is 16.7 Å². The van der Waals surface area contributed by atoms with Crippen LogP contribution in [0, 0.1) is 13.8 Å². The first-order valence-corrected chi connectivity index (χ1v) is 6.25. The molecule has 16 heavy (non-hydrogen) atoms. The molecule has 2 atom stereocenters. The quantitative estimate of drug-likeness (QED) is 0.727. The van der Waals surface area contributed by atoms with Crippen molar-refractivity contribution in [1.82, 2.24) is 0 Å². The van der Waals surface area contributed by atoms with E-state index in [1.54, 1.807) is 0 Å². The summed E-state index contributed by atoms with van der Waals surface area (Å²) in [7, 11) is 0. The molecule has 0 N–H and O–H groups in total. The third kappa shape index (κ3) is 3.64. The number of rotatable bonds is 5. The molecule has 1 heteroatoms. The highest BCUT2D eigenvalue weighted by Crippen LogP contribution is 2.17. The molecular weight excluding hydrogens is 196 g/mol. The summed E-state index contributed by atoms with van der Waals surface area (Å²) in [6, 6.07) is 6.48. The first-order valence-electron chi connectivity index (χ1n) is 6.25. The van der Waals surface area contributed by atoms with E-state index >= 15 is 0 Å². The summed E-state index contributed by atoms with van der Waals surface area (Å²) in [6.07, 6.45) is 2.76. The molecule has 1 aromatic rings. The van der Waals surface area contributed by atoms with Crippen LogP contribution in [0.25, 0.3) is 0 Å². The summed E-state index contributed by atoms with van der Waals surface area (Å²) in [5.74, 6) is 0. The zero-order valence-electron chi connectivity index (χ0n) is 11.2. The Bertz CT molecular complexity index is 310. The summed E-state index contributed by atoms with van der Waals surface area (Å²) in [5, 5.41) is 0. The Kier molecular flexibility index (Phi) is 5.01. The van der Waals surface area contributed by atoms with Gasteiger partial charge in [0.25, 0.3) is 0 Å². The second kappa shape index (κ2) is 6.05. The normalized spacial score (nSPS) is 14.8. The van der Waals surface area contributed by atoms with Crippen molar-refractivity contribution < 1.29 is 4.74 Å². The number of hydrogen-bond donors (Lipinski definition) is 0. The summed E-state index contributed by atoms with van der Waals surface area (Å²) in [4.78, 5) is 0. The van der Waals surface area contributed by atoms with Crippen LogP contribution in [0.1, 0.15) is 43.9 Å². The maximum atomic E-state index is 5.91. The van der Waals surface area contributed by atoms with Crippen molar-refractivity contribution in [3.8, 4) is 0 Å². The lowest BCUT2D eigenvalue weighted by Crippen LogP contribution is -2.19. The molecule has 0 amide bonds. The zero-order valence-corrected chi connectivity index (χ0v) is 11.2. The highest BCUT2D eigenvalue weighted by molar-refractivity contribution is 5.33. The maximum absolute atomic E-state index is 5.91. The Labute approximate surface area is 99.8 Å². The highest BCUT2D eigenvalue weighted by Gasteiger charge is 2.10. The maximum Gasteiger partial charge on any atom is 0.0591 e. The number of aryl methyl sites for hydroxylation is 2. The molecule has 0 aromatic heterocycles. The molecular formula is C15H24O. The molecule has 1 nitrogen and oxygen atoms in total. The minimum absolute atomic E-state index is 0.301. The van der Waals surface area contributed by atoms with Gasteiger partial charge in [-0.25, -0.2) is 0 Å². The van der Waals surface area contributed by atoms with Crippen LogP contribution in [0.15, 0.2) is 18.2 Å². The van der Waals surface area contributed by atoms with E-state index in [-0.39, 0.29) is 0 Å². The number of benzene rings is 1. The van der Waals surface area contributed by atoms with Gasteiger partial charge in [-0.05, 0) is 57.2 Å². The van der Waals surface area contributed by atoms with Crippen molar-refractivity contribution in [3.63, 3.8) is 0 Å². The van der Waals surface area contributed by atoms with E-state index in [1.807, 2.05) is 0 Å². The molecule has 90 valence electrons. The van der Waals surface area contributed by atoms with Gasteiger partial charge in [0, 0.05) is 0 Å². The minimum atomic E-state index is 0.301. The van der Waals surface area contributed by atoms with Gasteiger partial charge in [0.2, 0.25) is 0 Å². The summed E-state index contributed by atoms with van der Waals surface area (Å²) in [6.45, 7) is 10.8. The van der Waals surface area contributed by atoms with Crippen LogP contribution in [-0.2, 0) is 11.2 Å². The third-order valence-corrected chi connectivity index (χ3v) is 3.18. The Hall–Kier alpha value is -0.820. The second-order valence-corrected chi connectivity index (χ2v) is 4.74. The first-order chi connectivity index (χ1) is 7.54. The largest absolute Gasteiger partial charge is 0.375 e. The van der Waals surface area contributed by atoms with Crippen LogP contribution in [0.3, 0.4) is 0 Å². The van der Waals surface area contributed by atoms with Gasteiger partial charge in [-0.3, -0.25) is 0 Å². The Morgan fingerprint density at radius 2 is 1.62 bits per heavy atom. The molecule has 0 fully saturated rings. The molecule has 2 unspecified atom stereocenters. The third-order valence-electron chi connectivity index (χ3n) is 3.18. The molecule has 0 bridgehead atoms. The van der Waals surface area contributed by atoms with Crippen LogP contribution in [-0.4, -0.2) is 12.2 Å². The lowest BCUT2D eigenvalue weighted by Gasteiger charge is -2.20. The molecule has 0 heterocycles. The summed E-state index contributed by atoms with van der Waals surface area (Å²) < 4.78 is 5.91. The van der Waals surface area contributed by atoms with Gasteiger partial charge >= 0.3 is 0 Å². The van der Waals surface area contributed by atoms with Crippen molar-refractivity contribution in [2.45, 2.75) is 59.7 Å². The van der Waals surface area contributed by atoms with Crippen LogP contribution >= 0.6 is 0 Å². The number of hydrogen-bond acceptors (Lipinski definition) is 1. The van der Waals surface area contributed by atoms with Crippen LogP contribution in [0.2, 0.25) is 0 Å². The van der Waals surface area contributed by atoms with Gasteiger partial charge in [-0.2, -0.15) is 0 Å². The van der Waals surface area contributed by atoms with Crippen molar-refractivity contribution >= 4 is 0 Å². The fourth-order valence-corrected chi connectivity index (χ4v) is 2.00. The molecule has 0 saturated carbocycles. The van der Waals surface area contributed by atoms with Gasteiger partial charge in [0.15, 0.2) is 0 Å². The van der Waals surface area contributed by atoms with Crippen molar-refractivity contribution in [1.29, 1.82) is 0 Å². The van der Waals surface area contributed by atoms with Crippen LogP contribution in [0.4, 0.5) is 0 Å². The molecule has 0 aliphatic heterocycles. The average molecular weight is 220 g/mol. The van der Waals surface area contributed by atoms with Crippen molar-refractivity contribution in [2.24, 2.45) is 0 Å². The van der Waals surface area contributed by atoms with E-state index < -0.39 is 0 Å². The SMILES string of the molecule is CCC(C)OC(C)Cc1c(C)cccc1C. The Morgan fingerprint density at radius 1 is 1.06 bits per heavy atom. The van der Waals surface area contributed by atoms with E-state index in [0.29, 0.717) is 12.2 Å². The average Bonchev–Trinajstić information content (AvgIpc) is 2.23. The van der Waals surface area contributed by atoms with E-state index in [9.17, 15) is 0 Å². The van der Waals surface area contributed by atoms with Gasteiger partial charge in [0.05, 0.1) is 12.2 Å². The van der Waals surface area contributed by atoms with Gasteiger partial charge in [0.1, 0.15) is 0 Å². The first kappa shape index (κ1) is 13.2. The highest BCUT2D eigenvalue weighted by atomic mass is 16.5.